The fourth-order valence-electron chi connectivity index (χ4n) is 0.728. The monoisotopic (exact) mass is 374 g/mol. The molecule has 0 bridgehead atoms. The molecule has 0 N–H and O–H groups in total. The Morgan fingerprint density at radius 1 is 1.33 bits per heavy atom. The van der Waals surface area contributed by atoms with Crippen LogP contribution in [0.5, 0.6) is 0 Å². The second kappa shape index (κ2) is 14.0. The van der Waals surface area contributed by atoms with Crippen LogP contribution in [-0.2, 0) is 9.59 Å². The highest BCUT2D eigenvalue weighted by molar-refractivity contribution is 14.1. The van der Waals surface area contributed by atoms with Crippen molar-refractivity contribution in [1.82, 2.24) is 0 Å². The normalized spacial score (nSPS) is 7.28. The fourth-order valence-corrected chi connectivity index (χ4v) is 1.69. The molecule has 1 aromatic rings. The summed E-state index contributed by atoms with van der Waals surface area (Å²) in [5.41, 5.74) is 2.18. The van der Waals surface area contributed by atoms with Gasteiger partial charge in [-0.1, -0.05) is 11.8 Å². The van der Waals surface area contributed by atoms with Gasteiger partial charge in [-0.2, -0.15) is 0 Å². The van der Waals surface area contributed by atoms with Gasteiger partial charge in [-0.3, -0.25) is 4.79 Å². The van der Waals surface area contributed by atoms with Gasteiger partial charge >= 0.3 is 0 Å². The molecule has 1 rings (SSSR count). The summed E-state index contributed by atoms with van der Waals surface area (Å²) in [5, 5.41) is 0.131. The molecule has 18 heavy (non-hydrogen) atoms. The summed E-state index contributed by atoms with van der Waals surface area (Å²) in [5.74, 6) is 1.46. The second-order valence-electron chi connectivity index (χ2n) is 2.58. The molecular formula is C14H15IO2S. The third-order valence-corrected chi connectivity index (χ3v) is 2.79. The van der Waals surface area contributed by atoms with Crippen molar-refractivity contribution in [2.45, 2.75) is 18.7 Å². The van der Waals surface area contributed by atoms with Crippen molar-refractivity contribution in [2.24, 2.45) is 0 Å². The van der Waals surface area contributed by atoms with Crippen molar-refractivity contribution in [2.75, 3.05) is 0 Å². The van der Waals surface area contributed by atoms with Crippen LogP contribution in [0.2, 0.25) is 0 Å². The molecule has 0 unspecified atom stereocenters. The Morgan fingerprint density at radius 2 is 1.83 bits per heavy atom. The maximum atomic E-state index is 10.7. The van der Waals surface area contributed by atoms with E-state index in [-0.39, 0.29) is 5.12 Å². The first-order chi connectivity index (χ1) is 8.60. The van der Waals surface area contributed by atoms with E-state index in [1.807, 2.05) is 24.3 Å². The summed E-state index contributed by atoms with van der Waals surface area (Å²) < 4.78 is 1.19. The average Bonchev–Trinajstić information content (AvgIpc) is 2.36. The molecule has 0 radical (unpaired) electrons. The smallest absolute Gasteiger partial charge is 0.190 e. The zero-order chi connectivity index (χ0) is 14.4. The van der Waals surface area contributed by atoms with Crippen molar-refractivity contribution >= 4 is 45.4 Å². The number of hydrogen-bond donors (Lipinski definition) is 0. The molecule has 0 spiro atoms. The van der Waals surface area contributed by atoms with E-state index in [0.29, 0.717) is 0 Å². The van der Waals surface area contributed by atoms with Gasteiger partial charge in [0.05, 0.1) is 0 Å². The lowest BCUT2D eigenvalue weighted by Crippen LogP contribution is -1.80. The molecule has 0 saturated carbocycles. The summed E-state index contributed by atoms with van der Waals surface area (Å²) in [6, 6.07) is 7.89. The fraction of sp³-hybridized carbons (Fsp3) is 0.143. The van der Waals surface area contributed by atoms with E-state index < -0.39 is 0 Å². The molecule has 2 nitrogen and oxygen atoms in total. The molecule has 4 heteroatoms. The molecule has 0 heterocycles. The lowest BCUT2D eigenvalue weighted by molar-refractivity contribution is -0.109. The lowest BCUT2D eigenvalue weighted by atomic mass is 10.4. The predicted octanol–water partition coefficient (Wildman–Crippen LogP) is 4.28. The van der Waals surface area contributed by atoms with E-state index in [2.05, 4.69) is 41.5 Å². The summed E-state index contributed by atoms with van der Waals surface area (Å²) in [4.78, 5) is 20.8. The van der Waals surface area contributed by atoms with Crippen LogP contribution < -0.4 is 0 Å². The molecule has 1 aromatic carbocycles. The molecule has 0 aliphatic carbocycles. The molecule has 0 aliphatic heterocycles. The van der Waals surface area contributed by atoms with Gasteiger partial charge in [0.15, 0.2) is 11.1 Å². The zero-order valence-electron chi connectivity index (χ0n) is 10.4. The molecule has 0 saturated heterocycles. The summed E-state index contributed by atoms with van der Waals surface area (Å²) in [6.45, 7) is 9.29. The highest BCUT2D eigenvalue weighted by Gasteiger charge is 1.96. The van der Waals surface area contributed by atoms with Crippen molar-refractivity contribution in [3.05, 3.63) is 52.8 Å². The van der Waals surface area contributed by atoms with Gasteiger partial charge in [0.2, 0.25) is 0 Å². The summed E-state index contributed by atoms with van der Waals surface area (Å²) in [7, 11) is 0. The number of carbonyl (C=O) groups is 1. The van der Waals surface area contributed by atoms with Crippen LogP contribution in [0.1, 0.15) is 13.8 Å². The maximum absolute atomic E-state index is 10.7. The van der Waals surface area contributed by atoms with Crippen molar-refractivity contribution in [3.8, 4) is 0 Å². The first-order valence-corrected chi connectivity index (χ1v) is 6.84. The van der Waals surface area contributed by atoms with Crippen LogP contribution in [0.25, 0.3) is 0 Å². The van der Waals surface area contributed by atoms with E-state index in [1.165, 1.54) is 27.3 Å². The largest absolute Gasteiger partial charge is 0.287 e. The Kier molecular flexibility index (Phi) is 15.0. The van der Waals surface area contributed by atoms with Gasteiger partial charge in [0.1, 0.15) is 0 Å². The zero-order valence-corrected chi connectivity index (χ0v) is 13.4. The Labute approximate surface area is 126 Å². The molecule has 0 fully saturated rings. The highest BCUT2D eigenvalue weighted by Crippen LogP contribution is 2.19. The number of carbonyl (C=O) groups excluding carboxylic acids is 2. The Bertz CT molecular complexity index is 428. The number of halogens is 1. The Hall–Kier alpha value is -1.06. The minimum Gasteiger partial charge on any atom is -0.287 e. The number of hydrogen-bond acceptors (Lipinski definition) is 3. The number of benzene rings is 1. The SMILES string of the molecule is C=C.CC(=O)Sc1ccc(I)cc1.CC=C=C=O. The molecule has 96 valence electrons. The van der Waals surface area contributed by atoms with Crippen LogP contribution >= 0.6 is 34.4 Å². The van der Waals surface area contributed by atoms with E-state index in [9.17, 15) is 4.79 Å². The summed E-state index contributed by atoms with van der Waals surface area (Å²) in [6.07, 6.45) is 1.51. The predicted molar refractivity (Wildman–Crippen MR) is 86.4 cm³/mol. The maximum Gasteiger partial charge on any atom is 0.190 e. The molecule has 0 aromatic heterocycles. The van der Waals surface area contributed by atoms with Gasteiger partial charge in [-0.05, 0) is 65.6 Å². The van der Waals surface area contributed by atoms with E-state index in [1.54, 1.807) is 13.8 Å². The van der Waals surface area contributed by atoms with Crippen LogP contribution in [0.3, 0.4) is 0 Å². The van der Waals surface area contributed by atoms with Gasteiger partial charge in [-0.25, -0.2) is 4.79 Å². The number of thioether (sulfide) groups is 1. The lowest BCUT2D eigenvalue weighted by Gasteiger charge is -1.95. The van der Waals surface area contributed by atoms with E-state index in [0.717, 1.165) is 4.90 Å². The first-order valence-electron chi connectivity index (χ1n) is 4.94. The molecular weight excluding hydrogens is 359 g/mol. The minimum atomic E-state index is 0.131. The van der Waals surface area contributed by atoms with Crippen molar-refractivity contribution in [3.63, 3.8) is 0 Å². The van der Waals surface area contributed by atoms with Crippen LogP contribution in [-0.4, -0.2) is 11.1 Å². The third-order valence-electron chi connectivity index (χ3n) is 1.28. The summed E-state index contributed by atoms with van der Waals surface area (Å²) >= 11 is 3.50. The third kappa shape index (κ3) is 13.0. The van der Waals surface area contributed by atoms with Crippen molar-refractivity contribution < 1.29 is 9.59 Å². The van der Waals surface area contributed by atoms with Gasteiger partial charge in [0, 0.05) is 15.4 Å². The van der Waals surface area contributed by atoms with E-state index in [4.69, 9.17) is 4.79 Å². The molecule has 0 amide bonds. The quantitative estimate of drug-likeness (QED) is 0.242. The first kappa shape index (κ1) is 19.3. The molecule has 0 aliphatic rings. The van der Waals surface area contributed by atoms with Crippen LogP contribution in [0.15, 0.2) is 54.1 Å². The number of allylic oxidation sites excluding steroid dienone is 1. The Morgan fingerprint density at radius 3 is 2.11 bits per heavy atom. The Balaban J connectivity index is 0. The van der Waals surface area contributed by atoms with Gasteiger partial charge in [0.25, 0.3) is 0 Å². The number of rotatable bonds is 1. The van der Waals surface area contributed by atoms with Crippen LogP contribution in [0, 0.1) is 3.57 Å². The van der Waals surface area contributed by atoms with Crippen molar-refractivity contribution in [1.29, 1.82) is 0 Å². The highest BCUT2D eigenvalue weighted by atomic mass is 127. The van der Waals surface area contributed by atoms with Crippen LogP contribution in [0.4, 0.5) is 0 Å². The topological polar surface area (TPSA) is 34.1 Å². The van der Waals surface area contributed by atoms with Gasteiger partial charge in [-0.15, -0.1) is 13.2 Å². The molecule has 0 atom stereocenters. The standard InChI is InChI=1S/C8H7IOS.C4H4O.C2H4/c1-6(10)11-8-4-2-7(9)3-5-8;1-2-3-4-5;1-2/h2-5H,1H3;2H,1H3;1-2H2. The van der Waals surface area contributed by atoms with Gasteiger partial charge < -0.3 is 0 Å². The minimum absolute atomic E-state index is 0.131. The van der Waals surface area contributed by atoms with E-state index >= 15 is 0 Å². The second-order valence-corrected chi connectivity index (χ2v) is 5.08. The average molecular weight is 374 g/mol.